The van der Waals surface area contributed by atoms with Crippen LogP contribution in [0.25, 0.3) is 11.0 Å². The topological polar surface area (TPSA) is 73.4 Å². The highest BCUT2D eigenvalue weighted by atomic mass is 16.5. The second-order valence-corrected chi connectivity index (χ2v) is 4.85. The van der Waals surface area contributed by atoms with Gasteiger partial charge in [0, 0.05) is 13.1 Å². The molecular formula is C13H16N4O2. The molecule has 1 aromatic carbocycles. The van der Waals surface area contributed by atoms with E-state index in [0.29, 0.717) is 0 Å². The molecule has 0 radical (unpaired) electrons. The van der Waals surface area contributed by atoms with Crippen LogP contribution in [0.2, 0.25) is 0 Å². The SMILES string of the molecule is CN1CCn2c(nc3cc(COC(N)=O)ccc32)C1. The minimum absolute atomic E-state index is 0.188. The van der Waals surface area contributed by atoms with E-state index in [0.717, 1.165) is 42.1 Å². The number of carbonyl (C=O) groups is 1. The number of likely N-dealkylation sites (N-methyl/N-ethyl adjacent to an activating group) is 1. The van der Waals surface area contributed by atoms with Crippen molar-refractivity contribution >= 4 is 17.1 Å². The van der Waals surface area contributed by atoms with Gasteiger partial charge in [-0.15, -0.1) is 0 Å². The molecule has 1 amide bonds. The van der Waals surface area contributed by atoms with Crippen LogP contribution in [0.1, 0.15) is 11.4 Å². The van der Waals surface area contributed by atoms with Crippen molar-refractivity contribution in [2.45, 2.75) is 19.7 Å². The van der Waals surface area contributed by atoms with Gasteiger partial charge >= 0.3 is 6.09 Å². The summed E-state index contributed by atoms with van der Waals surface area (Å²) in [5, 5.41) is 0. The number of nitrogens with two attached hydrogens (primary N) is 1. The summed E-state index contributed by atoms with van der Waals surface area (Å²) in [4.78, 5) is 17.5. The van der Waals surface area contributed by atoms with E-state index >= 15 is 0 Å². The molecule has 0 aliphatic carbocycles. The first-order chi connectivity index (χ1) is 9.13. The number of ether oxygens (including phenoxy) is 1. The van der Waals surface area contributed by atoms with Crippen LogP contribution in [0.3, 0.4) is 0 Å². The molecule has 0 fully saturated rings. The fraction of sp³-hybridized carbons (Fsp3) is 0.385. The first-order valence-corrected chi connectivity index (χ1v) is 6.22. The third kappa shape index (κ3) is 2.26. The summed E-state index contributed by atoms with van der Waals surface area (Å²) < 4.78 is 7.04. The fourth-order valence-electron chi connectivity index (χ4n) is 2.43. The first kappa shape index (κ1) is 12.0. The van der Waals surface area contributed by atoms with Crippen molar-refractivity contribution in [2.24, 2.45) is 5.73 Å². The number of fused-ring (bicyclic) bond motifs is 3. The highest BCUT2D eigenvalue weighted by Gasteiger charge is 2.17. The molecule has 0 saturated carbocycles. The molecule has 1 aliphatic heterocycles. The standard InChI is InChI=1S/C13H16N4O2/c1-16-4-5-17-11-3-2-9(8-19-13(14)18)6-10(11)15-12(17)7-16/h2-3,6H,4-5,7-8H2,1H3,(H2,14,18). The Morgan fingerprint density at radius 3 is 3.11 bits per heavy atom. The Hall–Kier alpha value is -2.08. The quantitative estimate of drug-likeness (QED) is 0.876. The molecule has 6 heteroatoms. The van der Waals surface area contributed by atoms with Crippen LogP contribution in [-0.2, 0) is 24.4 Å². The molecule has 2 aromatic rings. The Morgan fingerprint density at radius 1 is 1.47 bits per heavy atom. The number of amides is 1. The number of rotatable bonds is 2. The van der Waals surface area contributed by atoms with E-state index in [1.54, 1.807) is 0 Å². The Morgan fingerprint density at radius 2 is 2.32 bits per heavy atom. The molecule has 1 aromatic heterocycles. The number of hydrogen-bond acceptors (Lipinski definition) is 4. The van der Waals surface area contributed by atoms with Gasteiger partial charge in [-0.05, 0) is 24.7 Å². The van der Waals surface area contributed by atoms with Gasteiger partial charge in [-0.1, -0.05) is 6.07 Å². The van der Waals surface area contributed by atoms with Gasteiger partial charge in [0.15, 0.2) is 0 Å². The molecule has 0 unspecified atom stereocenters. The van der Waals surface area contributed by atoms with E-state index in [2.05, 4.69) is 21.5 Å². The van der Waals surface area contributed by atoms with E-state index < -0.39 is 6.09 Å². The summed E-state index contributed by atoms with van der Waals surface area (Å²) in [6, 6.07) is 5.92. The minimum atomic E-state index is -0.758. The van der Waals surface area contributed by atoms with E-state index in [9.17, 15) is 4.79 Å². The second kappa shape index (κ2) is 4.55. The number of nitrogens with zero attached hydrogens (tertiary/aromatic N) is 3. The van der Waals surface area contributed by atoms with Crippen molar-refractivity contribution in [1.29, 1.82) is 0 Å². The zero-order chi connectivity index (χ0) is 13.4. The van der Waals surface area contributed by atoms with Crippen molar-refractivity contribution in [3.63, 3.8) is 0 Å². The third-order valence-corrected chi connectivity index (χ3v) is 3.39. The third-order valence-electron chi connectivity index (χ3n) is 3.39. The first-order valence-electron chi connectivity index (χ1n) is 6.22. The molecule has 100 valence electrons. The number of benzene rings is 1. The van der Waals surface area contributed by atoms with Crippen molar-refractivity contribution < 1.29 is 9.53 Å². The largest absolute Gasteiger partial charge is 0.445 e. The maximum Gasteiger partial charge on any atom is 0.404 e. The van der Waals surface area contributed by atoms with Crippen LogP contribution in [0.5, 0.6) is 0 Å². The molecule has 6 nitrogen and oxygen atoms in total. The van der Waals surface area contributed by atoms with Crippen LogP contribution >= 0.6 is 0 Å². The Balaban J connectivity index is 1.94. The average molecular weight is 260 g/mol. The molecule has 1 aliphatic rings. The highest BCUT2D eigenvalue weighted by molar-refractivity contribution is 5.77. The van der Waals surface area contributed by atoms with Crippen molar-refractivity contribution in [3.8, 4) is 0 Å². The summed E-state index contributed by atoms with van der Waals surface area (Å²) >= 11 is 0. The molecule has 19 heavy (non-hydrogen) atoms. The number of carbonyl (C=O) groups excluding carboxylic acids is 1. The lowest BCUT2D eigenvalue weighted by Gasteiger charge is -2.23. The Bertz CT molecular complexity index is 635. The lowest BCUT2D eigenvalue weighted by Crippen LogP contribution is -2.30. The number of primary amides is 1. The van der Waals surface area contributed by atoms with E-state index in [-0.39, 0.29) is 6.61 Å². The Labute approximate surface area is 110 Å². The predicted molar refractivity (Wildman–Crippen MR) is 70.4 cm³/mol. The van der Waals surface area contributed by atoms with Crippen LogP contribution < -0.4 is 5.73 Å². The van der Waals surface area contributed by atoms with Crippen LogP contribution in [0.4, 0.5) is 4.79 Å². The summed E-state index contributed by atoms with van der Waals surface area (Å²) in [5.41, 5.74) is 7.93. The maximum atomic E-state index is 10.6. The number of imidazole rings is 1. The van der Waals surface area contributed by atoms with Gasteiger partial charge in [-0.2, -0.15) is 0 Å². The van der Waals surface area contributed by atoms with Crippen molar-refractivity contribution in [1.82, 2.24) is 14.5 Å². The predicted octanol–water partition coefficient (Wildman–Crippen LogP) is 1.08. The minimum Gasteiger partial charge on any atom is -0.445 e. The number of aromatic nitrogens is 2. The Kier molecular flexibility index (Phi) is 2.87. The van der Waals surface area contributed by atoms with Gasteiger partial charge in [0.2, 0.25) is 0 Å². The van der Waals surface area contributed by atoms with Gasteiger partial charge in [-0.25, -0.2) is 9.78 Å². The molecule has 2 heterocycles. The van der Waals surface area contributed by atoms with E-state index in [4.69, 9.17) is 10.5 Å². The molecule has 0 spiro atoms. The molecule has 2 N–H and O–H groups in total. The van der Waals surface area contributed by atoms with Gasteiger partial charge in [0.25, 0.3) is 0 Å². The maximum absolute atomic E-state index is 10.6. The summed E-state index contributed by atoms with van der Waals surface area (Å²) in [7, 11) is 2.09. The zero-order valence-electron chi connectivity index (χ0n) is 10.8. The lowest BCUT2D eigenvalue weighted by molar-refractivity contribution is 0.150. The van der Waals surface area contributed by atoms with Gasteiger partial charge in [-0.3, -0.25) is 4.90 Å². The second-order valence-electron chi connectivity index (χ2n) is 4.85. The summed E-state index contributed by atoms with van der Waals surface area (Å²) in [6.07, 6.45) is -0.758. The molecule has 3 rings (SSSR count). The van der Waals surface area contributed by atoms with Gasteiger partial charge < -0.3 is 15.0 Å². The zero-order valence-corrected chi connectivity index (χ0v) is 10.8. The van der Waals surface area contributed by atoms with Crippen molar-refractivity contribution in [3.05, 3.63) is 29.6 Å². The number of hydrogen-bond donors (Lipinski definition) is 1. The van der Waals surface area contributed by atoms with Gasteiger partial charge in [0.1, 0.15) is 12.4 Å². The normalized spacial score (nSPS) is 15.4. The fourth-order valence-corrected chi connectivity index (χ4v) is 2.43. The monoisotopic (exact) mass is 260 g/mol. The molecule has 0 atom stereocenters. The molecule has 0 saturated heterocycles. The highest BCUT2D eigenvalue weighted by Crippen LogP contribution is 2.21. The van der Waals surface area contributed by atoms with Crippen LogP contribution in [0.15, 0.2) is 18.2 Å². The van der Waals surface area contributed by atoms with Crippen LogP contribution in [-0.4, -0.2) is 34.1 Å². The molecule has 0 bridgehead atoms. The summed E-state index contributed by atoms with van der Waals surface area (Å²) in [5.74, 6) is 1.08. The van der Waals surface area contributed by atoms with E-state index in [1.165, 1.54) is 0 Å². The summed E-state index contributed by atoms with van der Waals surface area (Å²) in [6.45, 7) is 3.04. The van der Waals surface area contributed by atoms with Crippen molar-refractivity contribution in [2.75, 3.05) is 13.6 Å². The molecular weight excluding hydrogens is 244 g/mol. The van der Waals surface area contributed by atoms with Gasteiger partial charge in [0.05, 0.1) is 17.6 Å². The average Bonchev–Trinajstić information content (AvgIpc) is 2.72. The smallest absolute Gasteiger partial charge is 0.404 e. The van der Waals surface area contributed by atoms with E-state index in [1.807, 2.05) is 18.2 Å². The van der Waals surface area contributed by atoms with Crippen LogP contribution in [0, 0.1) is 0 Å². The lowest BCUT2D eigenvalue weighted by atomic mass is 10.2.